The minimum absolute atomic E-state index is 0.170. The SMILES string of the molecule is O=[N+]([O-])c1cc(/C=N/NC(=S)NC[C@H]2CCCO2)ccc1O. The average Bonchev–Trinajstić information content (AvgIpc) is 3.00. The fraction of sp³-hybridized carbons (Fsp3) is 0.385. The van der Waals surface area contributed by atoms with Gasteiger partial charge in [-0.1, -0.05) is 0 Å². The summed E-state index contributed by atoms with van der Waals surface area (Å²) in [6.45, 7) is 1.40. The first kappa shape index (κ1) is 16.1. The zero-order valence-electron chi connectivity index (χ0n) is 11.7. The number of ether oxygens (including phenoxy) is 1. The maximum atomic E-state index is 10.7. The lowest BCUT2D eigenvalue weighted by Crippen LogP contribution is -2.37. The van der Waals surface area contributed by atoms with Gasteiger partial charge in [-0.15, -0.1) is 0 Å². The maximum Gasteiger partial charge on any atom is 0.311 e. The number of hydrogen-bond acceptors (Lipinski definition) is 6. The Hall–Kier alpha value is -2.26. The molecule has 1 fully saturated rings. The van der Waals surface area contributed by atoms with Crippen molar-refractivity contribution >= 4 is 29.2 Å². The van der Waals surface area contributed by atoms with Gasteiger partial charge < -0.3 is 15.2 Å². The van der Waals surface area contributed by atoms with Gasteiger partial charge in [0.2, 0.25) is 0 Å². The molecule has 2 rings (SSSR count). The largest absolute Gasteiger partial charge is 0.502 e. The van der Waals surface area contributed by atoms with Crippen LogP contribution in [0.1, 0.15) is 18.4 Å². The third kappa shape index (κ3) is 4.64. The molecule has 1 atom stereocenters. The number of phenolic OH excluding ortho intramolecular Hbond substituents is 1. The van der Waals surface area contributed by atoms with Crippen LogP contribution < -0.4 is 10.7 Å². The van der Waals surface area contributed by atoms with E-state index >= 15 is 0 Å². The highest BCUT2D eigenvalue weighted by molar-refractivity contribution is 7.80. The lowest BCUT2D eigenvalue weighted by molar-refractivity contribution is -0.385. The van der Waals surface area contributed by atoms with Gasteiger partial charge in [0.1, 0.15) is 0 Å². The highest BCUT2D eigenvalue weighted by Crippen LogP contribution is 2.25. The molecule has 1 aliphatic rings. The summed E-state index contributed by atoms with van der Waals surface area (Å²) >= 11 is 5.05. The number of aromatic hydroxyl groups is 1. The molecular formula is C13H16N4O4S. The number of hydrogen-bond donors (Lipinski definition) is 3. The van der Waals surface area contributed by atoms with E-state index < -0.39 is 4.92 Å². The highest BCUT2D eigenvalue weighted by atomic mass is 32.1. The van der Waals surface area contributed by atoms with Gasteiger partial charge in [-0.05, 0) is 37.2 Å². The number of rotatable bonds is 5. The molecule has 3 N–H and O–H groups in total. The first-order valence-corrected chi connectivity index (χ1v) is 7.13. The summed E-state index contributed by atoms with van der Waals surface area (Å²) in [4.78, 5) is 10.1. The lowest BCUT2D eigenvalue weighted by Gasteiger charge is -2.11. The minimum Gasteiger partial charge on any atom is -0.502 e. The quantitative estimate of drug-likeness (QED) is 0.324. The third-order valence-electron chi connectivity index (χ3n) is 3.09. The fourth-order valence-corrected chi connectivity index (χ4v) is 2.12. The molecule has 0 aliphatic carbocycles. The number of phenols is 1. The predicted octanol–water partition coefficient (Wildman–Crippen LogP) is 1.28. The van der Waals surface area contributed by atoms with E-state index in [4.69, 9.17) is 17.0 Å². The number of hydrazone groups is 1. The molecule has 0 amide bonds. The van der Waals surface area contributed by atoms with Crippen molar-refractivity contribution < 1.29 is 14.8 Å². The second kappa shape index (κ2) is 7.66. The number of benzene rings is 1. The topological polar surface area (TPSA) is 109 Å². The summed E-state index contributed by atoms with van der Waals surface area (Å²) in [5, 5.41) is 27.3. The van der Waals surface area contributed by atoms with Crippen molar-refractivity contribution in [2.45, 2.75) is 18.9 Å². The second-order valence-corrected chi connectivity index (χ2v) is 5.13. The predicted molar refractivity (Wildman–Crippen MR) is 85.1 cm³/mol. The minimum atomic E-state index is -0.659. The number of nitro benzene ring substituents is 1. The maximum absolute atomic E-state index is 10.7. The monoisotopic (exact) mass is 324 g/mol. The number of nitrogens with one attached hydrogen (secondary N) is 2. The smallest absolute Gasteiger partial charge is 0.311 e. The molecule has 0 unspecified atom stereocenters. The molecule has 1 aromatic rings. The van der Waals surface area contributed by atoms with Crippen molar-refractivity contribution in [1.82, 2.24) is 10.7 Å². The Balaban J connectivity index is 1.82. The Morgan fingerprint density at radius 3 is 3.14 bits per heavy atom. The van der Waals surface area contributed by atoms with Crippen molar-refractivity contribution in [3.05, 3.63) is 33.9 Å². The Morgan fingerprint density at radius 2 is 2.45 bits per heavy atom. The molecule has 0 radical (unpaired) electrons. The molecule has 0 spiro atoms. The standard InChI is InChI=1S/C13H16N4O4S/c18-12-4-3-9(6-11(12)17(19)20)7-15-16-13(22)14-8-10-2-1-5-21-10/h3-4,6-7,10,18H,1-2,5,8H2,(H2,14,16,22)/b15-7+/t10-/m1/s1. The van der Waals surface area contributed by atoms with Crippen LogP contribution in [0.25, 0.3) is 0 Å². The van der Waals surface area contributed by atoms with Crippen LogP contribution in [0.5, 0.6) is 5.75 Å². The molecule has 1 aliphatic heterocycles. The van der Waals surface area contributed by atoms with Gasteiger partial charge in [-0.2, -0.15) is 5.10 Å². The van der Waals surface area contributed by atoms with Crippen LogP contribution in [0.4, 0.5) is 5.69 Å². The molecule has 118 valence electrons. The first-order chi connectivity index (χ1) is 10.6. The summed E-state index contributed by atoms with van der Waals surface area (Å²) in [5.74, 6) is -0.385. The Bertz CT molecular complexity index is 587. The van der Waals surface area contributed by atoms with E-state index in [1.165, 1.54) is 24.4 Å². The highest BCUT2D eigenvalue weighted by Gasteiger charge is 2.15. The van der Waals surface area contributed by atoms with Gasteiger partial charge in [-0.25, -0.2) is 0 Å². The van der Waals surface area contributed by atoms with Crippen LogP contribution in [0.15, 0.2) is 23.3 Å². The van der Waals surface area contributed by atoms with Gasteiger partial charge in [0.15, 0.2) is 10.9 Å². The van der Waals surface area contributed by atoms with E-state index in [2.05, 4.69) is 15.8 Å². The number of nitrogens with zero attached hydrogens (tertiary/aromatic N) is 2. The van der Waals surface area contributed by atoms with E-state index in [1.807, 2.05) is 0 Å². The molecule has 0 saturated carbocycles. The van der Waals surface area contributed by atoms with Crippen LogP contribution in [0, 0.1) is 10.1 Å². The molecule has 1 aromatic carbocycles. The van der Waals surface area contributed by atoms with Crippen molar-refractivity contribution in [2.24, 2.45) is 5.10 Å². The van der Waals surface area contributed by atoms with Gasteiger partial charge in [-0.3, -0.25) is 15.5 Å². The second-order valence-electron chi connectivity index (χ2n) is 4.72. The van der Waals surface area contributed by atoms with Crippen LogP contribution in [0.2, 0.25) is 0 Å². The molecular weight excluding hydrogens is 308 g/mol. The van der Waals surface area contributed by atoms with E-state index in [-0.39, 0.29) is 17.5 Å². The summed E-state index contributed by atoms with van der Waals surface area (Å²) in [5.41, 5.74) is 2.72. The molecule has 0 aromatic heterocycles. The molecule has 1 heterocycles. The zero-order chi connectivity index (χ0) is 15.9. The Kier molecular flexibility index (Phi) is 5.61. The lowest BCUT2D eigenvalue weighted by atomic mass is 10.2. The van der Waals surface area contributed by atoms with Crippen LogP contribution >= 0.6 is 12.2 Å². The molecule has 9 heteroatoms. The van der Waals surface area contributed by atoms with Gasteiger partial charge in [0.05, 0.1) is 17.2 Å². The Labute approximate surface area is 132 Å². The van der Waals surface area contributed by atoms with Gasteiger partial charge >= 0.3 is 5.69 Å². The summed E-state index contributed by atoms with van der Waals surface area (Å²) < 4.78 is 5.45. The van der Waals surface area contributed by atoms with E-state index in [9.17, 15) is 15.2 Å². The van der Waals surface area contributed by atoms with Crippen molar-refractivity contribution in [2.75, 3.05) is 13.2 Å². The normalized spacial score (nSPS) is 17.5. The summed E-state index contributed by atoms with van der Waals surface area (Å²) in [6.07, 6.45) is 3.62. The van der Waals surface area contributed by atoms with E-state index in [0.717, 1.165) is 19.4 Å². The summed E-state index contributed by atoms with van der Waals surface area (Å²) in [7, 11) is 0. The van der Waals surface area contributed by atoms with Gasteiger partial charge in [0, 0.05) is 24.8 Å². The van der Waals surface area contributed by atoms with Crippen LogP contribution in [0.3, 0.4) is 0 Å². The van der Waals surface area contributed by atoms with Crippen molar-refractivity contribution in [3.8, 4) is 5.75 Å². The Morgan fingerprint density at radius 1 is 1.64 bits per heavy atom. The van der Waals surface area contributed by atoms with Crippen LogP contribution in [-0.2, 0) is 4.74 Å². The van der Waals surface area contributed by atoms with Crippen LogP contribution in [-0.4, -0.2) is 40.6 Å². The number of thiocarbonyl (C=S) groups is 1. The van der Waals surface area contributed by atoms with Crippen molar-refractivity contribution in [3.63, 3.8) is 0 Å². The van der Waals surface area contributed by atoms with Gasteiger partial charge in [0.25, 0.3) is 0 Å². The zero-order valence-corrected chi connectivity index (χ0v) is 12.5. The number of nitro groups is 1. The first-order valence-electron chi connectivity index (χ1n) is 6.72. The molecule has 1 saturated heterocycles. The average molecular weight is 324 g/mol. The summed E-state index contributed by atoms with van der Waals surface area (Å²) in [6, 6.07) is 3.98. The van der Waals surface area contributed by atoms with Crippen molar-refractivity contribution in [1.29, 1.82) is 0 Å². The van der Waals surface area contributed by atoms with E-state index in [1.54, 1.807) is 0 Å². The fourth-order valence-electron chi connectivity index (χ4n) is 1.98. The molecule has 0 bridgehead atoms. The molecule has 22 heavy (non-hydrogen) atoms. The third-order valence-corrected chi connectivity index (χ3v) is 3.33. The van der Waals surface area contributed by atoms with E-state index in [0.29, 0.717) is 17.2 Å². The molecule has 8 nitrogen and oxygen atoms in total.